The molecule has 1 aliphatic rings. The summed E-state index contributed by atoms with van der Waals surface area (Å²) in [5.41, 5.74) is 0.814. The molecule has 6 nitrogen and oxygen atoms in total. The van der Waals surface area contributed by atoms with Crippen LogP contribution in [-0.2, 0) is 20.8 Å². The fraction of sp³-hybridized carbons (Fsp3) is 0.353. The van der Waals surface area contributed by atoms with Gasteiger partial charge in [0.25, 0.3) is 0 Å². The maximum absolute atomic E-state index is 12.0. The van der Waals surface area contributed by atoms with Crippen molar-refractivity contribution in [2.45, 2.75) is 32.2 Å². The van der Waals surface area contributed by atoms with Gasteiger partial charge in [0.15, 0.2) is 0 Å². The summed E-state index contributed by atoms with van der Waals surface area (Å²) < 4.78 is 5.72. The molecule has 1 fully saturated rings. The lowest BCUT2D eigenvalue weighted by Gasteiger charge is -2.16. The van der Waals surface area contributed by atoms with Crippen LogP contribution in [0.3, 0.4) is 0 Å². The molecule has 1 atom stereocenters. The van der Waals surface area contributed by atoms with Gasteiger partial charge in [0, 0.05) is 30.7 Å². The Morgan fingerprint density at radius 3 is 2.65 bits per heavy atom. The van der Waals surface area contributed by atoms with Crippen LogP contribution in [0.5, 0.6) is 0 Å². The average Bonchev–Trinajstić information content (AvgIpc) is 3.04. The lowest BCUT2D eigenvalue weighted by atomic mass is 10.2. The summed E-state index contributed by atoms with van der Waals surface area (Å²) in [6.45, 7) is 1.65. The van der Waals surface area contributed by atoms with Crippen molar-refractivity contribution in [1.29, 1.82) is 0 Å². The highest BCUT2D eigenvalue weighted by molar-refractivity contribution is 6.04. The second-order valence-electron chi connectivity index (χ2n) is 5.80. The number of hydrogen-bond acceptors (Lipinski definition) is 4. The zero-order valence-electron chi connectivity index (χ0n) is 12.9. The average molecular weight is 314 g/mol. The summed E-state index contributed by atoms with van der Waals surface area (Å²) in [6.07, 6.45) is 0.934. The predicted molar refractivity (Wildman–Crippen MR) is 83.5 cm³/mol. The number of furan rings is 1. The minimum atomic E-state index is -0.336. The topological polar surface area (TPSA) is 79.6 Å². The third-order valence-corrected chi connectivity index (χ3v) is 3.85. The van der Waals surface area contributed by atoms with Crippen LogP contribution in [0.4, 0.5) is 0 Å². The number of nitrogens with one attached hydrogen (secondary N) is 1. The van der Waals surface area contributed by atoms with Gasteiger partial charge in [-0.3, -0.25) is 19.3 Å². The SMILES string of the molecule is CC(Cc1cc2ccccc2o1)NC(=O)CN1C(=O)CCC1=O. The quantitative estimate of drug-likeness (QED) is 0.851. The van der Waals surface area contributed by atoms with E-state index in [4.69, 9.17) is 4.42 Å². The molecule has 1 unspecified atom stereocenters. The molecule has 1 N–H and O–H groups in total. The minimum Gasteiger partial charge on any atom is -0.461 e. The highest BCUT2D eigenvalue weighted by Gasteiger charge is 2.30. The number of likely N-dealkylation sites (tertiary alicyclic amines) is 1. The summed E-state index contributed by atoms with van der Waals surface area (Å²) in [5, 5.41) is 3.82. The van der Waals surface area contributed by atoms with Crippen molar-refractivity contribution in [2.75, 3.05) is 6.54 Å². The number of nitrogens with zero attached hydrogens (tertiary/aromatic N) is 1. The van der Waals surface area contributed by atoms with Crippen LogP contribution in [0.2, 0.25) is 0 Å². The Bertz CT molecular complexity index is 716. The van der Waals surface area contributed by atoms with Crippen molar-refractivity contribution < 1.29 is 18.8 Å². The van der Waals surface area contributed by atoms with E-state index in [0.29, 0.717) is 6.42 Å². The molecule has 0 spiro atoms. The fourth-order valence-electron chi connectivity index (χ4n) is 2.75. The molecule has 0 bridgehead atoms. The first-order chi connectivity index (χ1) is 11.0. The number of para-hydroxylation sites is 1. The first kappa shape index (κ1) is 15.3. The molecule has 6 heteroatoms. The van der Waals surface area contributed by atoms with Crippen LogP contribution in [0.25, 0.3) is 11.0 Å². The molecule has 1 aromatic heterocycles. The van der Waals surface area contributed by atoms with Gasteiger partial charge in [-0.15, -0.1) is 0 Å². The second kappa shape index (κ2) is 6.24. The van der Waals surface area contributed by atoms with Gasteiger partial charge in [0.1, 0.15) is 17.9 Å². The lowest BCUT2D eigenvalue weighted by molar-refractivity contribution is -0.142. The van der Waals surface area contributed by atoms with Crippen LogP contribution >= 0.6 is 0 Å². The largest absolute Gasteiger partial charge is 0.461 e. The third-order valence-electron chi connectivity index (χ3n) is 3.85. The first-order valence-electron chi connectivity index (χ1n) is 7.63. The monoisotopic (exact) mass is 314 g/mol. The van der Waals surface area contributed by atoms with E-state index < -0.39 is 0 Å². The summed E-state index contributed by atoms with van der Waals surface area (Å²) in [7, 11) is 0. The van der Waals surface area contributed by atoms with Gasteiger partial charge in [-0.25, -0.2) is 0 Å². The van der Waals surface area contributed by atoms with Crippen LogP contribution in [0, 0.1) is 0 Å². The minimum absolute atomic E-state index is 0.157. The maximum Gasteiger partial charge on any atom is 0.240 e. The van der Waals surface area contributed by atoms with Crippen molar-refractivity contribution in [3.8, 4) is 0 Å². The number of fused-ring (bicyclic) bond motifs is 1. The molecule has 1 saturated heterocycles. The molecule has 3 amide bonds. The van der Waals surface area contributed by atoms with Crippen molar-refractivity contribution in [1.82, 2.24) is 10.2 Å². The number of hydrogen-bond donors (Lipinski definition) is 1. The summed E-state index contributed by atoms with van der Waals surface area (Å²) >= 11 is 0. The van der Waals surface area contributed by atoms with E-state index in [1.807, 2.05) is 37.3 Å². The summed E-state index contributed by atoms with van der Waals surface area (Å²) in [5.74, 6) is -0.116. The van der Waals surface area contributed by atoms with Gasteiger partial charge in [-0.05, 0) is 19.1 Å². The van der Waals surface area contributed by atoms with Crippen LogP contribution in [0.1, 0.15) is 25.5 Å². The zero-order chi connectivity index (χ0) is 16.4. The van der Waals surface area contributed by atoms with Gasteiger partial charge < -0.3 is 9.73 Å². The maximum atomic E-state index is 12.0. The molecular formula is C17H18N2O4. The highest BCUT2D eigenvalue weighted by Crippen LogP contribution is 2.19. The van der Waals surface area contributed by atoms with Gasteiger partial charge in [0.05, 0.1) is 0 Å². The Labute approximate surface area is 133 Å². The van der Waals surface area contributed by atoms with E-state index in [0.717, 1.165) is 21.6 Å². The standard InChI is InChI=1S/C17H18N2O4/c1-11(8-13-9-12-4-2-3-5-14(12)23-13)18-15(20)10-19-16(21)6-7-17(19)22/h2-5,9,11H,6-8,10H2,1H3,(H,18,20). The zero-order valence-corrected chi connectivity index (χ0v) is 12.9. The number of carbonyl (C=O) groups excluding carboxylic acids is 3. The van der Waals surface area contributed by atoms with E-state index in [-0.39, 0.29) is 43.1 Å². The smallest absolute Gasteiger partial charge is 0.240 e. The predicted octanol–water partition coefficient (Wildman–Crippen LogP) is 1.63. The van der Waals surface area contributed by atoms with E-state index in [1.165, 1.54) is 0 Å². The van der Waals surface area contributed by atoms with E-state index in [2.05, 4.69) is 5.32 Å². The Balaban J connectivity index is 1.56. The molecule has 2 heterocycles. The molecule has 0 saturated carbocycles. The molecule has 0 aliphatic carbocycles. The highest BCUT2D eigenvalue weighted by atomic mass is 16.3. The number of carbonyl (C=O) groups is 3. The van der Waals surface area contributed by atoms with Crippen LogP contribution in [0.15, 0.2) is 34.7 Å². The van der Waals surface area contributed by atoms with Crippen molar-refractivity contribution in [2.24, 2.45) is 0 Å². The number of benzene rings is 1. The normalized spacial score (nSPS) is 16.1. The molecule has 1 aromatic carbocycles. The molecule has 2 aromatic rings. The Kier molecular flexibility index (Phi) is 4.14. The Morgan fingerprint density at radius 1 is 1.26 bits per heavy atom. The number of amides is 3. The number of imide groups is 1. The molecule has 3 rings (SSSR count). The molecule has 120 valence electrons. The van der Waals surface area contributed by atoms with Crippen LogP contribution < -0.4 is 5.32 Å². The number of rotatable bonds is 5. The second-order valence-corrected chi connectivity index (χ2v) is 5.80. The molecule has 0 radical (unpaired) electrons. The van der Waals surface area contributed by atoms with Gasteiger partial charge in [0.2, 0.25) is 17.7 Å². The third kappa shape index (κ3) is 3.41. The van der Waals surface area contributed by atoms with Crippen molar-refractivity contribution in [3.63, 3.8) is 0 Å². The van der Waals surface area contributed by atoms with E-state index in [9.17, 15) is 14.4 Å². The first-order valence-corrected chi connectivity index (χ1v) is 7.63. The van der Waals surface area contributed by atoms with Crippen LogP contribution in [-0.4, -0.2) is 35.2 Å². The molecule has 1 aliphatic heterocycles. The summed E-state index contributed by atoms with van der Waals surface area (Å²) in [4.78, 5) is 36.0. The molecule has 23 heavy (non-hydrogen) atoms. The van der Waals surface area contributed by atoms with E-state index >= 15 is 0 Å². The molecular weight excluding hydrogens is 296 g/mol. The van der Waals surface area contributed by atoms with Gasteiger partial charge in [-0.1, -0.05) is 18.2 Å². The van der Waals surface area contributed by atoms with Crippen molar-refractivity contribution >= 4 is 28.7 Å². The summed E-state index contributed by atoms with van der Waals surface area (Å²) in [6, 6.07) is 9.51. The van der Waals surface area contributed by atoms with E-state index in [1.54, 1.807) is 0 Å². The van der Waals surface area contributed by atoms with Crippen molar-refractivity contribution in [3.05, 3.63) is 36.1 Å². The lowest BCUT2D eigenvalue weighted by Crippen LogP contribution is -2.43. The van der Waals surface area contributed by atoms with Gasteiger partial charge >= 0.3 is 0 Å². The Morgan fingerprint density at radius 2 is 1.96 bits per heavy atom. The Hall–Kier alpha value is -2.63. The van der Waals surface area contributed by atoms with Gasteiger partial charge in [-0.2, -0.15) is 0 Å². The fourth-order valence-corrected chi connectivity index (χ4v) is 2.75.